The standard InChI is InChI=1S/C11H11BrN2S/c12-9-1-3-14-6-10(13-11(14)5-9)8-2-4-15-7-8/h1,3,5-6,8H,2,4,7H2. The van der Waals surface area contributed by atoms with Crippen LogP contribution in [0.15, 0.2) is 29.0 Å². The number of rotatable bonds is 1. The van der Waals surface area contributed by atoms with E-state index in [9.17, 15) is 0 Å². The maximum Gasteiger partial charge on any atom is 0.138 e. The topological polar surface area (TPSA) is 17.3 Å². The van der Waals surface area contributed by atoms with Crippen LogP contribution in [0.1, 0.15) is 18.0 Å². The lowest BCUT2D eigenvalue weighted by Gasteiger charge is -2.01. The molecule has 2 aromatic rings. The van der Waals surface area contributed by atoms with Gasteiger partial charge < -0.3 is 4.40 Å². The first-order chi connectivity index (χ1) is 7.33. The van der Waals surface area contributed by atoms with Crippen LogP contribution in [-0.4, -0.2) is 20.9 Å². The molecule has 0 aromatic carbocycles. The minimum Gasteiger partial charge on any atom is -0.307 e. The van der Waals surface area contributed by atoms with Crippen molar-refractivity contribution in [3.63, 3.8) is 0 Å². The van der Waals surface area contributed by atoms with Gasteiger partial charge in [-0.05, 0) is 24.3 Å². The average Bonchev–Trinajstić information content (AvgIpc) is 2.84. The summed E-state index contributed by atoms with van der Waals surface area (Å²) in [6.45, 7) is 0. The van der Waals surface area contributed by atoms with Gasteiger partial charge in [0.1, 0.15) is 5.65 Å². The summed E-state index contributed by atoms with van der Waals surface area (Å²) in [6, 6.07) is 4.10. The molecule has 4 heteroatoms. The van der Waals surface area contributed by atoms with E-state index in [4.69, 9.17) is 0 Å². The fourth-order valence-electron chi connectivity index (χ4n) is 1.94. The van der Waals surface area contributed by atoms with Gasteiger partial charge in [0.2, 0.25) is 0 Å². The largest absolute Gasteiger partial charge is 0.307 e. The summed E-state index contributed by atoms with van der Waals surface area (Å²) in [7, 11) is 0. The number of hydrogen-bond donors (Lipinski definition) is 0. The Labute approximate surface area is 101 Å². The summed E-state index contributed by atoms with van der Waals surface area (Å²) in [5, 5.41) is 0. The third-order valence-corrected chi connectivity index (χ3v) is 4.44. The van der Waals surface area contributed by atoms with E-state index in [1.807, 2.05) is 17.8 Å². The van der Waals surface area contributed by atoms with Gasteiger partial charge in [0.05, 0.1) is 5.69 Å². The van der Waals surface area contributed by atoms with E-state index in [1.165, 1.54) is 23.6 Å². The van der Waals surface area contributed by atoms with Gasteiger partial charge in [-0.3, -0.25) is 0 Å². The van der Waals surface area contributed by atoms with Crippen molar-refractivity contribution in [3.05, 3.63) is 34.7 Å². The lowest BCUT2D eigenvalue weighted by atomic mass is 10.1. The summed E-state index contributed by atoms with van der Waals surface area (Å²) in [5.74, 6) is 3.17. The quantitative estimate of drug-likeness (QED) is 0.798. The van der Waals surface area contributed by atoms with Crippen molar-refractivity contribution in [2.75, 3.05) is 11.5 Å². The van der Waals surface area contributed by atoms with E-state index in [2.05, 4.69) is 43.8 Å². The molecule has 0 saturated carbocycles. The van der Waals surface area contributed by atoms with Crippen LogP contribution in [-0.2, 0) is 0 Å². The van der Waals surface area contributed by atoms with Crippen LogP contribution in [0, 0.1) is 0 Å². The second-order valence-corrected chi connectivity index (χ2v) is 5.90. The Morgan fingerprint density at radius 2 is 2.47 bits per heavy atom. The SMILES string of the molecule is Brc1ccn2cc(C3CCSC3)nc2c1. The highest BCUT2D eigenvalue weighted by atomic mass is 79.9. The number of aromatic nitrogens is 2. The molecule has 2 nitrogen and oxygen atoms in total. The highest BCUT2D eigenvalue weighted by Crippen LogP contribution is 2.31. The highest BCUT2D eigenvalue weighted by molar-refractivity contribution is 9.10. The zero-order valence-electron chi connectivity index (χ0n) is 8.19. The predicted molar refractivity (Wildman–Crippen MR) is 67.6 cm³/mol. The van der Waals surface area contributed by atoms with Crippen LogP contribution >= 0.6 is 27.7 Å². The zero-order chi connectivity index (χ0) is 10.3. The molecule has 3 rings (SSSR count). The summed E-state index contributed by atoms with van der Waals surface area (Å²) in [4.78, 5) is 4.68. The van der Waals surface area contributed by atoms with Gasteiger partial charge in [0, 0.05) is 28.5 Å². The first kappa shape index (κ1) is 9.73. The van der Waals surface area contributed by atoms with Crippen LogP contribution in [0.4, 0.5) is 0 Å². The van der Waals surface area contributed by atoms with Crippen molar-refractivity contribution in [3.8, 4) is 0 Å². The summed E-state index contributed by atoms with van der Waals surface area (Å²) >= 11 is 5.50. The normalized spacial score (nSPS) is 21.3. The first-order valence-corrected chi connectivity index (χ1v) is 6.99. The number of pyridine rings is 1. The van der Waals surface area contributed by atoms with Crippen molar-refractivity contribution >= 4 is 33.3 Å². The van der Waals surface area contributed by atoms with Crippen molar-refractivity contribution < 1.29 is 0 Å². The average molecular weight is 283 g/mol. The van der Waals surface area contributed by atoms with Gasteiger partial charge in [-0.15, -0.1) is 0 Å². The molecule has 0 bridgehead atoms. The molecule has 3 heterocycles. The van der Waals surface area contributed by atoms with Gasteiger partial charge >= 0.3 is 0 Å². The zero-order valence-corrected chi connectivity index (χ0v) is 10.6. The van der Waals surface area contributed by atoms with Gasteiger partial charge in [-0.2, -0.15) is 11.8 Å². The van der Waals surface area contributed by atoms with Crippen molar-refractivity contribution in [1.29, 1.82) is 0 Å². The Bertz CT molecular complexity index is 488. The Balaban J connectivity index is 2.05. The van der Waals surface area contributed by atoms with Gasteiger partial charge in [-0.25, -0.2) is 4.98 Å². The van der Waals surface area contributed by atoms with Gasteiger partial charge in [-0.1, -0.05) is 15.9 Å². The molecule has 0 amide bonds. The monoisotopic (exact) mass is 282 g/mol. The van der Waals surface area contributed by atoms with E-state index in [0.717, 1.165) is 10.1 Å². The fourth-order valence-corrected chi connectivity index (χ4v) is 3.50. The minimum atomic E-state index is 0.661. The number of hydrogen-bond acceptors (Lipinski definition) is 2. The highest BCUT2D eigenvalue weighted by Gasteiger charge is 2.20. The molecule has 1 saturated heterocycles. The maximum absolute atomic E-state index is 4.68. The smallest absolute Gasteiger partial charge is 0.138 e. The Morgan fingerprint density at radius 1 is 1.53 bits per heavy atom. The van der Waals surface area contributed by atoms with Gasteiger partial charge in [0.25, 0.3) is 0 Å². The molecule has 15 heavy (non-hydrogen) atoms. The van der Waals surface area contributed by atoms with Crippen LogP contribution < -0.4 is 0 Å². The third-order valence-electron chi connectivity index (χ3n) is 2.79. The maximum atomic E-state index is 4.68. The molecule has 0 radical (unpaired) electrons. The third kappa shape index (κ3) is 1.81. The number of halogens is 1. The van der Waals surface area contributed by atoms with Crippen molar-refractivity contribution in [2.45, 2.75) is 12.3 Å². The van der Waals surface area contributed by atoms with E-state index >= 15 is 0 Å². The molecule has 0 aliphatic carbocycles. The molecule has 0 spiro atoms. The predicted octanol–water partition coefficient (Wildman–Crippen LogP) is 3.32. The van der Waals surface area contributed by atoms with E-state index in [0.29, 0.717) is 5.92 Å². The van der Waals surface area contributed by atoms with E-state index in [1.54, 1.807) is 0 Å². The first-order valence-electron chi connectivity index (χ1n) is 5.05. The molecule has 2 aromatic heterocycles. The fraction of sp³-hybridized carbons (Fsp3) is 0.364. The van der Waals surface area contributed by atoms with E-state index in [-0.39, 0.29) is 0 Å². The molecule has 78 valence electrons. The molecule has 1 aliphatic heterocycles. The van der Waals surface area contributed by atoms with E-state index < -0.39 is 0 Å². The Hall–Kier alpha value is -0.480. The number of imidazole rings is 1. The molecular weight excluding hydrogens is 272 g/mol. The summed E-state index contributed by atoms with van der Waals surface area (Å²) < 4.78 is 3.19. The van der Waals surface area contributed by atoms with Crippen molar-refractivity contribution in [1.82, 2.24) is 9.38 Å². The van der Waals surface area contributed by atoms with Crippen LogP contribution in [0.25, 0.3) is 5.65 Å². The minimum absolute atomic E-state index is 0.661. The van der Waals surface area contributed by atoms with Crippen LogP contribution in [0.5, 0.6) is 0 Å². The van der Waals surface area contributed by atoms with Crippen molar-refractivity contribution in [2.24, 2.45) is 0 Å². The number of thioether (sulfide) groups is 1. The Kier molecular flexibility index (Phi) is 2.48. The van der Waals surface area contributed by atoms with Crippen LogP contribution in [0.2, 0.25) is 0 Å². The molecule has 1 atom stereocenters. The molecule has 1 fully saturated rings. The molecule has 1 unspecified atom stereocenters. The Morgan fingerprint density at radius 3 is 3.27 bits per heavy atom. The summed E-state index contributed by atoms with van der Waals surface area (Å²) in [5.41, 5.74) is 2.29. The second-order valence-electron chi connectivity index (χ2n) is 3.84. The summed E-state index contributed by atoms with van der Waals surface area (Å²) in [6.07, 6.45) is 5.49. The van der Waals surface area contributed by atoms with Gasteiger partial charge in [0.15, 0.2) is 0 Å². The number of fused-ring (bicyclic) bond motifs is 1. The van der Waals surface area contributed by atoms with Crippen LogP contribution in [0.3, 0.4) is 0 Å². The molecular formula is C11H11BrN2S. The lowest BCUT2D eigenvalue weighted by molar-refractivity contribution is 0.759. The molecule has 1 aliphatic rings. The number of nitrogens with zero attached hydrogens (tertiary/aromatic N) is 2. The lowest BCUT2D eigenvalue weighted by Crippen LogP contribution is -1.95. The molecule has 0 N–H and O–H groups in total. The second kappa shape index (κ2) is 3.83.